The zero-order valence-corrected chi connectivity index (χ0v) is 9.64. The molecule has 0 unspecified atom stereocenters. The second-order valence-corrected chi connectivity index (χ2v) is 4.21. The Morgan fingerprint density at radius 3 is 2.35 bits per heavy atom. The fourth-order valence-electron chi connectivity index (χ4n) is 1.97. The SMILES string of the molecule is Cc1ccc(C2=CC=CCC2(C#N)C#N)cc1. The van der Waals surface area contributed by atoms with E-state index in [0.29, 0.717) is 6.42 Å². The van der Waals surface area contributed by atoms with Gasteiger partial charge in [-0.25, -0.2) is 0 Å². The Kier molecular flexibility index (Phi) is 2.81. The van der Waals surface area contributed by atoms with Crippen LogP contribution in [-0.4, -0.2) is 0 Å². The topological polar surface area (TPSA) is 47.6 Å². The van der Waals surface area contributed by atoms with E-state index in [-0.39, 0.29) is 0 Å². The molecule has 82 valence electrons. The number of hydrogen-bond donors (Lipinski definition) is 0. The molecule has 0 heterocycles. The molecule has 0 N–H and O–H groups in total. The van der Waals surface area contributed by atoms with Crippen LogP contribution in [0.5, 0.6) is 0 Å². The van der Waals surface area contributed by atoms with Crippen LogP contribution in [0.1, 0.15) is 17.5 Å². The molecule has 0 bridgehead atoms. The number of aryl methyl sites for hydroxylation is 1. The van der Waals surface area contributed by atoms with Crippen molar-refractivity contribution in [2.75, 3.05) is 0 Å². The van der Waals surface area contributed by atoms with Crippen LogP contribution in [0.15, 0.2) is 42.5 Å². The fraction of sp³-hybridized carbons (Fsp3) is 0.200. The molecule has 1 aromatic carbocycles. The molecule has 0 fully saturated rings. The Balaban J connectivity index is 2.53. The van der Waals surface area contributed by atoms with E-state index in [1.165, 1.54) is 5.56 Å². The van der Waals surface area contributed by atoms with E-state index < -0.39 is 5.41 Å². The van der Waals surface area contributed by atoms with Crippen molar-refractivity contribution in [1.82, 2.24) is 0 Å². The van der Waals surface area contributed by atoms with E-state index in [1.54, 1.807) is 0 Å². The van der Waals surface area contributed by atoms with Crippen molar-refractivity contribution in [2.24, 2.45) is 5.41 Å². The molecule has 0 aliphatic heterocycles. The highest BCUT2D eigenvalue weighted by Crippen LogP contribution is 2.40. The average molecular weight is 220 g/mol. The quantitative estimate of drug-likeness (QED) is 0.728. The summed E-state index contributed by atoms with van der Waals surface area (Å²) in [6, 6.07) is 12.2. The molecule has 1 aliphatic rings. The molecule has 2 heteroatoms. The molecular weight excluding hydrogens is 208 g/mol. The van der Waals surface area contributed by atoms with Gasteiger partial charge in [-0.15, -0.1) is 0 Å². The van der Waals surface area contributed by atoms with Crippen molar-refractivity contribution in [3.8, 4) is 12.1 Å². The summed E-state index contributed by atoms with van der Waals surface area (Å²) >= 11 is 0. The maximum atomic E-state index is 9.28. The molecule has 0 spiro atoms. The number of nitriles is 2. The molecule has 0 aromatic heterocycles. The largest absolute Gasteiger partial charge is 0.196 e. The monoisotopic (exact) mass is 220 g/mol. The van der Waals surface area contributed by atoms with E-state index in [9.17, 15) is 10.5 Å². The lowest BCUT2D eigenvalue weighted by molar-refractivity contribution is 0.691. The summed E-state index contributed by atoms with van der Waals surface area (Å²) in [6.07, 6.45) is 6.09. The van der Waals surface area contributed by atoms with Gasteiger partial charge in [-0.3, -0.25) is 0 Å². The van der Waals surface area contributed by atoms with Crippen LogP contribution in [0.3, 0.4) is 0 Å². The summed E-state index contributed by atoms with van der Waals surface area (Å²) in [5.74, 6) is 0. The molecule has 17 heavy (non-hydrogen) atoms. The fourth-order valence-corrected chi connectivity index (χ4v) is 1.97. The number of benzene rings is 1. The predicted molar refractivity (Wildman–Crippen MR) is 66.6 cm³/mol. The number of hydrogen-bond acceptors (Lipinski definition) is 2. The molecule has 0 saturated carbocycles. The van der Waals surface area contributed by atoms with Gasteiger partial charge in [0, 0.05) is 6.42 Å². The normalized spacial score (nSPS) is 16.8. The minimum Gasteiger partial charge on any atom is -0.196 e. The number of allylic oxidation sites excluding steroid dienone is 4. The standard InChI is InChI=1S/C15H12N2/c1-12-5-7-13(8-6-12)14-4-2-3-9-15(14,10-16)11-17/h2-8H,9H2,1H3. The molecule has 0 radical (unpaired) electrons. The molecule has 2 rings (SSSR count). The van der Waals surface area contributed by atoms with Gasteiger partial charge in [0.25, 0.3) is 0 Å². The van der Waals surface area contributed by atoms with Crippen molar-refractivity contribution in [3.05, 3.63) is 53.6 Å². The predicted octanol–water partition coefficient (Wildman–Crippen LogP) is 3.37. The zero-order chi connectivity index (χ0) is 12.3. The molecule has 1 aliphatic carbocycles. The van der Waals surface area contributed by atoms with Gasteiger partial charge in [0.15, 0.2) is 5.41 Å². The lowest BCUT2D eigenvalue weighted by Gasteiger charge is -2.23. The molecule has 0 saturated heterocycles. The molecule has 0 amide bonds. The van der Waals surface area contributed by atoms with Gasteiger partial charge in [0.05, 0.1) is 12.1 Å². The van der Waals surface area contributed by atoms with Gasteiger partial charge in [-0.05, 0) is 18.1 Å². The number of rotatable bonds is 1. The zero-order valence-electron chi connectivity index (χ0n) is 9.64. The highest BCUT2D eigenvalue weighted by molar-refractivity contribution is 5.78. The second kappa shape index (κ2) is 4.28. The van der Waals surface area contributed by atoms with Crippen LogP contribution in [0.2, 0.25) is 0 Å². The Labute approximate surface area is 101 Å². The molecule has 1 aromatic rings. The smallest absolute Gasteiger partial charge is 0.172 e. The highest BCUT2D eigenvalue weighted by Gasteiger charge is 2.35. The van der Waals surface area contributed by atoms with E-state index in [2.05, 4.69) is 12.1 Å². The Morgan fingerprint density at radius 2 is 1.76 bits per heavy atom. The summed E-state index contributed by atoms with van der Waals surface area (Å²) in [7, 11) is 0. The third kappa shape index (κ3) is 1.86. The summed E-state index contributed by atoms with van der Waals surface area (Å²) in [4.78, 5) is 0. The minimum atomic E-state index is -1.04. The van der Waals surface area contributed by atoms with Crippen molar-refractivity contribution in [2.45, 2.75) is 13.3 Å². The van der Waals surface area contributed by atoms with Gasteiger partial charge in [-0.2, -0.15) is 10.5 Å². The highest BCUT2D eigenvalue weighted by atomic mass is 14.4. The van der Waals surface area contributed by atoms with Crippen molar-refractivity contribution in [1.29, 1.82) is 10.5 Å². The van der Waals surface area contributed by atoms with Crippen LogP contribution < -0.4 is 0 Å². The van der Waals surface area contributed by atoms with Gasteiger partial charge < -0.3 is 0 Å². The Bertz CT molecular complexity index is 548. The number of nitrogens with zero attached hydrogens (tertiary/aromatic N) is 2. The van der Waals surface area contributed by atoms with Crippen LogP contribution >= 0.6 is 0 Å². The summed E-state index contributed by atoms with van der Waals surface area (Å²) in [5.41, 5.74) is 1.87. The van der Waals surface area contributed by atoms with Gasteiger partial charge in [-0.1, -0.05) is 48.1 Å². The summed E-state index contributed by atoms with van der Waals surface area (Å²) in [5, 5.41) is 18.6. The minimum absolute atomic E-state index is 0.458. The molecule has 0 atom stereocenters. The van der Waals surface area contributed by atoms with E-state index in [0.717, 1.165) is 11.1 Å². The van der Waals surface area contributed by atoms with E-state index in [4.69, 9.17) is 0 Å². The Morgan fingerprint density at radius 1 is 1.12 bits per heavy atom. The average Bonchev–Trinajstić information content (AvgIpc) is 2.39. The summed E-state index contributed by atoms with van der Waals surface area (Å²) < 4.78 is 0. The first-order valence-corrected chi connectivity index (χ1v) is 5.49. The lowest BCUT2D eigenvalue weighted by Crippen LogP contribution is -2.19. The first-order chi connectivity index (χ1) is 8.22. The van der Waals surface area contributed by atoms with Crippen LogP contribution in [-0.2, 0) is 0 Å². The van der Waals surface area contributed by atoms with Gasteiger partial charge in [0.1, 0.15) is 0 Å². The van der Waals surface area contributed by atoms with Crippen LogP contribution in [0.4, 0.5) is 0 Å². The first kappa shape index (κ1) is 11.2. The maximum absolute atomic E-state index is 9.28. The van der Waals surface area contributed by atoms with E-state index >= 15 is 0 Å². The maximum Gasteiger partial charge on any atom is 0.172 e. The lowest BCUT2D eigenvalue weighted by atomic mass is 9.74. The van der Waals surface area contributed by atoms with Gasteiger partial charge >= 0.3 is 0 Å². The molecular formula is C15H12N2. The van der Waals surface area contributed by atoms with Crippen molar-refractivity contribution >= 4 is 5.57 Å². The van der Waals surface area contributed by atoms with Crippen LogP contribution in [0.25, 0.3) is 5.57 Å². The molecule has 2 nitrogen and oxygen atoms in total. The summed E-state index contributed by atoms with van der Waals surface area (Å²) in [6.45, 7) is 2.01. The van der Waals surface area contributed by atoms with Crippen LogP contribution in [0, 0.1) is 35.0 Å². The van der Waals surface area contributed by atoms with Crippen molar-refractivity contribution in [3.63, 3.8) is 0 Å². The van der Waals surface area contributed by atoms with E-state index in [1.807, 2.05) is 49.4 Å². The third-order valence-electron chi connectivity index (χ3n) is 3.03. The van der Waals surface area contributed by atoms with Crippen molar-refractivity contribution < 1.29 is 0 Å². The van der Waals surface area contributed by atoms with Gasteiger partial charge in [0.2, 0.25) is 0 Å². The Hall–Kier alpha value is -2.32. The second-order valence-electron chi connectivity index (χ2n) is 4.21. The first-order valence-electron chi connectivity index (χ1n) is 5.49. The third-order valence-corrected chi connectivity index (χ3v) is 3.03.